The first-order valence-corrected chi connectivity index (χ1v) is 10.3. The van der Waals surface area contributed by atoms with Crippen molar-refractivity contribution in [3.63, 3.8) is 0 Å². The van der Waals surface area contributed by atoms with Crippen LogP contribution in [0.15, 0.2) is 36.4 Å². The number of likely N-dealkylation sites (tertiary alicyclic amines) is 1. The number of hydrogen-bond acceptors (Lipinski definition) is 4. The second-order valence-electron chi connectivity index (χ2n) is 7.94. The molecule has 1 N–H and O–H groups in total. The molecular formula is C23H30N2O4. The van der Waals surface area contributed by atoms with Gasteiger partial charge in [0.25, 0.3) is 0 Å². The molecule has 0 bridgehead atoms. The highest BCUT2D eigenvalue weighted by atomic mass is 16.5. The molecule has 1 fully saturated rings. The maximum atomic E-state index is 13.7. The third kappa shape index (κ3) is 4.58. The van der Waals surface area contributed by atoms with E-state index in [0.29, 0.717) is 39.0 Å². The van der Waals surface area contributed by atoms with Gasteiger partial charge in [-0.1, -0.05) is 36.4 Å². The fraction of sp³-hybridized carbons (Fsp3) is 0.522. The summed E-state index contributed by atoms with van der Waals surface area (Å²) in [5.41, 5.74) is 0.662. The molecule has 0 aromatic heterocycles. The van der Waals surface area contributed by atoms with E-state index in [-0.39, 0.29) is 23.6 Å². The third-order valence-electron chi connectivity index (χ3n) is 5.93. The van der Waals surface area contributed by atoms with Crippen molar-refractivity contribution in [3.05, 3.63) is 47.5 Å². The van der Waals surface area contributed by atoms with E-state index >= 15 is 0 Å². The molecule has 1 aliphatic heterocycles. The number of ether oxygens (including phenoxy) is 1. The number of carbonyl (C=O) groups excluding carboxylic acids is 3. The van der Waals surface area contributed by atoms with Gasteiger partial charge in [-0.25, -0.2) is 0 Å². The van der Waals surface area contributed by atoms with Gasteiger partial charge in [0, 0.05) is 33.5 Å². The molecule has 1 aromatic carbocycles. The number of rotatable bonds is 7. The van der Waals surface area contributed by atoms with Gasteiger partial charge in [0.05, 0.1) is 12.6 Å². The van der Waals surface area contributed by atoms with E-state index in [4.69, 9.17) is 4.74 Å². The average molecular weight is 399 g/mol. The first-order valence-electron chi connectivity index (χ1n) is 10.3. The normalized spacial score (nSPS) is 24.0. The molecular weight excluding hydrogens is 368 g/mol. The minimum absolute atomic E-state index is 0.0159. The van der Waals surface area contributed by atoms with Gasteiger partial charge in [-0.3, -0.25) is 14.4 Å². The van der Waals surface area contributed by atoms with Crippen LogP contribution in [0, 0.1) is 5.41 Å². The lowest BCUT2D eigenvalue weighted by Gasteiger charge is -2.37. The van der Waals surface area contributed by atoms with E-state index in [9.17, 15) is 14.4 Å². The predicted octanol–water partition coefficient (Wildman–Crippen LogP) is 2.41. The number of carbonyl (C=O) groups is 3. The summed E-state index contributed by atoms with van der Waals surface area (Å²) >= 11 is 0. The van der Waals surface area contributed by atoms with Crippen molar-refractivity contribution in [3.8, 4) is 0 Å². The lowest BCUT2D eigenvalue weighted by Crippen LogP contribution is -2.52. The van der Waals surface area contributed by atoms with Gasteiger partial charge >= 0.3 is 0 Å². The van der Waals surface area contributed by atoms with E-state index in [1.165, 1.54) is 6.92 Å². The number of nitrogens with zero attached hydrogens (tertiary/aromatic N) is 1. The minimum Gasteiger partial charge on any atom is -0.383 e. The summed E-state index contributed by atoms with van der Waals surface area (Å²) in [6.07, 6.45) is 6.95. The number of allylic oxidation sites excluding steroid dienone is 1. The molecule has 0 radical (unpaired) electrons. The van der Waals surface area contributed by atoms with Crippen molar-refractivity contribution in [1.29, 1.82) is 0 Å². The Balaban J connectivity index is 1.94. The first kappa shape index (κ1) is 21.2. The summed E-state index contributed by atoms with van der Waals surface area (Å²) in [6, 6.07) is 7.71. The zero-order valence-electron chi connectivity index (χ0n) is 17.3. The molecule has 1 heterocycles. The molecule has 0 spiro atoms. The van der Waals surface area contributed by atoms with Gasteiger partial charge < -0.3 is 15.0 Å². The molecule has 2 aliphatic rings. The van der Waals surface area contributed by atoms with Gasteiger partial charge in [-0.05, 0) is 36.8 Å². The average Bonchev–Trinajstić information content (AvgIpc) is 3.17. The Kier molecular flexibility index (Phi) is 6.85. The van der Waals surface area contributed by atoms with Crippen LogP contribution in [0.1, 0.15) is 43.7 Å². The zero-order chi connectivity index (χ0) is 20.9. The summed E-state index contributed by atoms with van der Waals surface area (Å²) < 4.78 is 5.31. The highest BCUT2D eigenvalue weighted by Gasteiger charge is 2.48. The van der Waals surface area contributed by atoms with Crippen molar-refractivity contribution >= 4 is 17.6 Å². The fourth-order valence-electron chi connectivity index (χ4n) is 4.39. The van der Waals surface area contributed by atoms with E-state index in [2.05, 4.69) is 5.32 Å². The molecule has 0 saturated carbocycles. The molecule has 6 nitrogen and oxygen atoms in total. The third-order valence-corrected chi connectivity index (χ3v) is 5.93. The van der Waals surface area contributed by atoms with Gasteiger partial charge in [-0.15, -0.1) is 0 Å². The maximum Gasteiger partial charge on any atom is 0.240 e. The number of nitrogens with one attached hydrogen (secondary N) is 1. The molecule has 3 rings (SSSR count). The van der Waals surface area contributed by atoms with Gasteiger partial charge in [0.2, 0.25) is 11.8 Å². The zero-order valence-corrected chi connectivity index (χ0v) is 17.3. The monoisotopic (exact) mass is 398 g/mol. The summed E-state index contributed by atoms with van der Waals surface area (Å²) in [7, 11) is 1.64. The Morgan fingerprint density at radius 2 is 2.03 bits per heavy atom. The van der Waals surface area contributed by atoms with Gasteiger partial charge in [-0.2, -0.15) is 0 Å². The lowest BCUT2D eigenvalue weighted by atomic mass is 9.71. The Labute approximate surface area is 172 Å². The Morgan fingerprint density at radius 3 is 2.72 bits per heavy atom. The van der Waals surface area contributed by atoms with Gasteiger partial charge in [0.1, 0.15) is 5.41 Å². The van der Waals surface area contributed by atoms with E-state index in [1.54, 1.807) is 7.11 Å². The van der Waals surface area contributed by atoms with Crippen molar-refractivity contribution < 1.29 is 19.1 Å². The standard InChI is InChI=1S/C23H30N2O4/c1-17(26)24-15-19-9-4-3-8-18(19)14-23(12-6-5-11-21(23)27)22(28)25-13-7-10-20(25)16-29-2/h3-4,6,8-9,12,20H,5,7,10-11,13-16H2,1-2H3,(H,24,26)/t20-,23-/m0/s1. The van der Waals surface area contributed by atoms with Crippen molar-refractivity contribution in [1.82, 2.24) is 10.2 Å². The van der Waals surface area contributed by atoms with Crippen LogP contribution in [0.5, 0.6) is 0 Å². The molecule has 2 amide bonds. The molecule has 1 saturated heterocycles. The van der Waals surface area contributed by atoms with Crippen LogP contribution in [-0.4, -0.2) is 48.8 Å². The second-order valence-corrected chi connectivity index (χ2v) is 7.94. The fourth-order valence-corrected chi connectivity index (χ4v) is 4.39. The van der Waals surface area contributed by atoms with Crippen molar-refractivity contribution in [2.75, 3.05) is 20.3 Å². The Hall–Kier alpha value is -2.47. The number of Topliss-reactive ketones (excluding diaryl/α,β-unsaturated/α-hetero) is 1. The van der Waals surface area contributed by atoms with Crippen LogP contribution in [0.2, 0.25) is 0 Å². The van der Waals surface area contributed by atoms with E-state index in [1.807, 2.05) is 41.3 Å². The number of hydrogen-bond donors (Lipinski definition) is 1. The van der Waals surface area contributed by atoms with Crippen LogP contribution in [0.25, 0.3) is 0 Å². The summed E-state index contributed by atoms with van der Waals surface area (Å²) in [6.45, 7) is 3.00. The van der Waals surface area contributed by atoms with E-state index in [0.717, 1.165) is 24.0 Å². The largest absolute Gasteiger partial charge is 0.383 e. The number of amides is 2. The predicted molar refractivity (Wildman–Crippen MR) is 110 cm³/mol. The number of methoxy groups -OCH3 is 1. The van der Waals surface area contributed by atoms with E-state index < -0.39 is 5.41 Å². The Morgan fingerprint density at radius 1 is 1.28 bits per heavy atom. The molecule has 6 heteroatoms. The molecule has 0 unspecified atom stereocenters. The van der Waals surface area contributed by atoms with Crippen molar-refractivity contribution in [2.24, 2.45) is 5.41 Å². The molecule has 2 atom stereocenters. The molecule has 1 aliphatic carbocycles. The van der Waals surface area contributed by atoms with Crippen LogP contribution in [-0.2, 0) is 32.1 Å². The second kappa shape index (κ2) is 9.35. The summed E-state index contributed by atoms with van der Waals surface area (Å²) in [4.78, 5) is 40.1. The summed E-state index contributed by atoms with van der Waals surface area (Å²) in [5, 5.41) is 2.82. The SMILES string of the molecule is COC[C@@H]1CCCN1C(=O)[C@]1(Cc2ccccc2CNC(C)=O)C=CCCC1=O. The highest BCUT2D eigenvalue weighted by Crippen LogP contribution is 2.37. The molecule has 29 heavy (non-hydrogen) atoms. The Bertz CT molecular complexity index is 804. The lowest BCUT2D eigenvalue weighted by molar-refractivity contribution is -0.148. The topological polar surface area (TPSA) is 75.7 Å². The maximum absolute atomic E-state index is 13.7. The quantitative estimate of drug-likeness (QED) is 0.565. The number of ketones is 1. The van der Waals surface area contributed by atoms with Crippen molar-refractivity contribution in [2.45, 2.75) is 51.6 Å². The number of benzene rings is 1. The van der Waals surface area contributed by atoms with Gasteiger partial charge in [0.15, 0.2) is 5.78 Å². The summed E-state index contributed by atoms with van der Waals surface area (Å²) in [5.74, 6) is -0.256. The molecule has 156 valence electrons. The van der Waals surface area contributed by atoms with Crippen LogP contribution >= 0.6 is 0 Å². The van der Waals surface area contributed by atoms with Crippen LogP contribution in [0.3, 0.4) is 0 Å². The molecule has 1 aromatic rings. The first-order chi connectivity index (χ1) is 14.0. The highest BCUT2D eigenvalue weighted by molar-refractivity contribution is 6.09. The smallest absolute Gasteiger partial charge is 0.240 e. The van der Waals surface area contributed by atoms with Crippen LogP contribution in [0.4, 0.5) is 0 Å². The van der Waals surface area contributed by atoms with Crippen LogP contribution < -0.4 is 5.32 Å². The minimum atomic E-state index is -1.18.